The molecule has 3 nitrogen and oxygen atoms in total. The van der Waals surface area contributed by atoms with Crippen LogP contribution in [0.5, 0.6) is 0 Å². The van der Waals surface area contributed by atoms with Crippen molar-refractivity contribution in [1.29, 1.82) is 0 Å². The summed E-state index contributed by atoms with van der Waals surface area (Å²) in [4.78, 5) is 13.2. The average Bonchev–Trinajstić information content (AvgIpc) is 2.82. The molecule has 0 fully saturated rings. The molecule has 3 heterocycles. The number of aryl methyl sites for hydroxylation is 1. The first-order valence-corrected chi connectivity index (χ1v) is 6.75. The molecule has 0 aliphatic carbocycles. The molecule has 0 N–H and O–H groups in total. The third kappa shape index (κ3) is 1.87. The number of halogens is 1. The van der Waals surface area contributed by atoms with Crippen LogP contribution in [0.3, 0.4) is 0 Å². The molecule has 0 radical (unpaired) electrons. The summed E-state index contributed by atoms with van der Waals surface area (Å²) >= 11 is 7.75. The van der Waals surface area contributed by atoms with Gasteiger partial charge in [0.25, 0.3) is 0 Å². The van der Waals surface area contributed by atoms with E-state index in [0.717, 1.165) is 27.0 Å². The standard InChI is InChI=1S/C13H10ClN3S/c1-7-8(2)16-13(17-12(7)14)9-5-11-10(15-6-9)3-4-18-11/h3-6H,1-2H3. The fourth-order valence-corrected chi connectivity index (χ4v) is 2.69. The van der Waals surface area contributed by atoms with Gasteiger partial charge in [-0.25, -0.2) is 9.97 Å². The molecule has 18 heavy (non-hydrogen) atoms. The lowest BCUT2D eigenvalue weighted by molar-refractivity contribution is 1.07. The second-order valence-corrected chi connectivity index (χ2v) is 5.38. The highest BCUT2D eigenvalue weighted by atomic mass is 35.5. The molecule has 0 saturated heterocycles. The summed E-state index contributed by atoms with van der Waals surface area (Å²) in [6.07, 6.45) is 1.79. The molecule has 0 aliphatic heterocycles. The van der Waals surface area contributed by atoms with Crippen molar-refractivity contribution in [2.75, 3.05) is 0 Å². The van der Waals surface area contributed by atoms with Crippen LogP contribution in [0.2, 0.25) is 5.15 Å². The van der Waals surface area contributed by atoms with Gasteiger partial charge in [-0.15, -0.1) is 11.3 Å². The summed E-state index contributed by atoms with van der Waals surface area (Å²) in [6.45, 7) is 3.85. The first-order chi connectivity index (χ1) is 8.65. The van der Waals surface area contributed by atoms with Crippen LogP contribution in [-0.2, 0) is 0 Å². The number of thiophene rings is 1. The second-order valence-electron chi connectivity index (χ2n) is 4.08. The minimum atomic E-state index is 0.503. The third-order valence-corrected chi connectivity index (χ3v) is 4.11. The van der Waals surface area contributed by atoms with Gasteiger partial charge in [0.15, 0.2) is 5.82 Å². The van der Waals surface area contributed by atoms with E-state index in [1.165, 1.54) is 0 Å². The van der Waals surface area contributed by atoms with E-state index >= 15 is 0 Å². The number of pyridine rings is 1. The molecule has 0 atom stereocenters. The van der Waals surface area contributed by atoms with Crippen molar-refractivity contribution in [3.63, 3.8) is 0 Å². The maximum Gasteiger partial charge on any atom is 0.162 e. The van der Waals surface area contributed by atoms with Gasteiger partial charge in [-0.05, 0) is 31.4 Å². The predicted molar refractivity (Wildman–Crippen MR) is 75.1 cm³/mol. The van der Waals surface area contributed by atoms with Gasteiger partial charge < -0.3 is 0 Å². The van der Waals surface area contributed by atoms with Crippen molar-refractivity contribution in [2.24, 2.45) is 0 Å². The van der Waals surface area contributed by atoms with Crippen LogP contribution < -0.4 is 0 Å². The lowest BCUT2D eigenvalue weighted by atomic mass is 10.2. The highest BCUT2D eigenvalue weighted by Crippen LogP contribution is 2.26. The van der Waals surface area contributed by atoms with Gasteiger partial charge in [0, 0.05) is 23.0 Å². The molecule has 0 bridgehead atoms. The van der Waals surface area contributed by atoms with Crippen molar-refractivity contribution < 1.29 is 0 Å². The third-order valence-electron chi connectivity index (χ3n) is 2.89. The Morgan fingerprint density at radius 2 is 2.06 bits per heavy atom. The fraction of sp³-hybridized carbons (Fsp3) is 0.154. The normalized spacial score (nSPS) is 11.1. The van der Waals surface area contributed by atoms with Crippen molar-refractivity contribution in [3.8, 4) is 11.4 Å². The first-order valence-electron chi connectivity index (χ1n) is 5.49. The lowest BCUT2D eigenvalue weighted by Crippen LogP contribution is -1.96. The molecule has 0 aliphatic rings. The Bertz CT molecular complexity index is 713. The molecular formula is C13H10ClN3S. The van der Waals surface area contributed by atoms with Crippen LogP contribution in [0, 0.1) is 13.8 Å². The lowest BCUT2D eigenvalue weighted by Gasteiger charge is -2.05. The molecule has 0 saturated carbocycles. The molecule has 5 heteroatoms. The van der Waals surface area contributed by atoms with Crippen LogP contribution >= 0.6 is 22.9 Å². The van der Waals surface area contributed by atoms with E-state index in [1.54, 1.807) is 17.5 Å². The Morgan fingerprint density at radius 1 is 1.22 bits per heavy atom. The smallest absolute Gasteiger partial charge is 0.162 e. The first kappa shape index (κ1) is 11.6. The number of hydrogen-bond acceptors (Lipinski definition) is 4. The van der Waals surface area contributed by atoms with Crippen molar-refractivity contribution in [2.45, 2.75) is 13.8 Å². The highest BCUT2D eigenvalue weighted by Gasteiger charge is 2.09. The molecule has 3 aromatic heterocycles. The largest absolute Gasteiger partial charge is 0.255 e. The maximum absolute atomic E-state index is 6.10. The van der Waals surface area contributed by atoms with Gasteiger partial charge in [0.1, 0.15) is 5.15 Å². The van der Waals surface area contributed by atoms with E-state index in [1.807, 2.05) is 31.4 Å². The van der Waals surface area contributed by atoms with E-state index in [-0.39, 0.29) is 0 Å². The van der Waals surface area contributed by atoms with Gasteiger partial charge in [0.2, 0.25) is 0 Å². The Labute approximate surface area is 114 Å². The number of hydrogen-bond donors (Lipinski definition) is 0. The zero-order valence-corrected chi connectivity index (χ0v) is 11.5. The van der Waals surface area contributed by atoms with E-state index in [9.17, 15) is 0 Å². The van der Waals surface area contributed by atoms with E-state index in [0.29, 0.717) is 11.0 Å². The van der Waals surface area contributed by atoms with E-state index < -0.39 is 0 Å². The summed E-state index contributed by atoms with van der Waals surface area (Å²) in [5.74, 6) is 0.630. The number of aromatic nitrogens is 3. The molecule has 0 spiro atoms. The van der Waals surface area contributed by atoms with Gasteiger partial charge in [-0.2, -0.15) is 0 Å². The van der Waals surface area contributed by atoms with Crippen LogP contribution in [0.4, 0.5) is 0 Å². The summed E-state index contributed by atoms with van der Waals surface area (Å²) < 4.78 is 1.13. The molecule has 90 valence electrons. The summed E-state index contributed by atoms with van der Waals surface area (Å²) in [5, 5.41) is 2.53. The topological polar surface area (TPSA) is 38.7 Å². The molecule has 0 unspecified atom stereocenters. The van der Waals surface area contributed by atoms with E-state index in [4.69, 9.17) is 11.6 Å². The monoisotopic (exact) mass is 275 g/mol. The molecule has 3 aromatic rings. The Kier molecular flexibility index (Phi) is 2.76. The quantitative estimate of drug-likeness (QED) is 0.630. The summed E-state index contributed by atoms with van der Waals surface area (Å²) in [5.41, 5.74) is 3.72. The van der Waals surface area contributed by atoms with E-state index in [2.05, 4.69) is 15.0 Å². The molecule has 0 aromatic carbocycles. The van der Waals surface area contributed by atoms with Crippen molar-refractivity contribution in [3.05, 3.63) is 40.1 Å². The predicted octanol–water partition coefficient (Wildman–Crippen LogP) is 4.02. The zero-order valence-electron chi connectivity index (χ0n) is 9.94. The second kappa shape index (κ2) is 4.30. The minimum Gasteiger partial charge on any atom is -0.255 e. The van der Waals surface area contributed by atoms with Gasteiger partial charge in [0.05, 0.1) is 10.2 Å². The van der Waals surface area contributed by atoms with Crippen LogP contribution in [-0.4, -0.2) is 15.0 Å². The SMILES string of the molecule is Cc1nc(-c2cnc3ccsc3c2)nc(Cl)c1C. The number of fused-ring (bicyclic) bond motifs is 1. The highest BCUT2D eigenvalue weighted by molar-refractivity contribution is 7.17. The van der Waals surface area contributed by atoms with Crippen molar-refractivity contribution in [1.82, 2.24) is 15.0 Å². The number of nitrogens with zero attached hydrogens (tertiary/aromatic N) is 3. The Balaban J connectivity index is 2.19. The average molecular weight is 276 g/mol. The Hall–Kier alpha value is -1.52. The Morgan fingerprint density at radius 3 is 2.83 bits per heavy atom. The molecular weight excluding hydrogens is 266 g/mol. The maximum atomic E-state index is 6.10. The summed E-state index contributed by atoms with van der Waals surface area (Å²) in [6, 6.07) is 4.05. The fourth-order valence-electron chi connectivity index (χ4n) is 1.69. The zero-order chi connectivity index (χ0) is 12.7. The number of rotatable bonds is 1. The van der Waals surface area contributed by atoms with Crippen LogP contribution in [0.1, 0.15) is 11.3 Å². The molecule has 3 rings (SSSR count). The van der Waals surface area contributed by atoms with Crippen molar-refractivity contribution >= 4 is 33.2 Å². The van der Waals surface area contributed by atoms with Gasteiger partial charge >= 0.3 is 0 Å². The summed E-state index contributed by atoms with van der Waals surface area (Å²) in [7, 11) is 0. The minimum absolute atomic E-state index is 0.503. The van der Waals surface area contributed by atoms with Gasteiger partial charge in [-0.3, -0.25) is 4.98 Å². The van der Waals surface area contributed by atoms with Gasteiger partial charge in [-0.1, -0.05) is 11.6 Å². The molecule has 0 amide bonds. The van der Waals surface area contributed by atoms with Crippen LogP contribution in [0.15, 0.2) is 23.7 Å². The van der Waals surface area contributed by atoms with Crippen LogP contribution in [0.25, 0.3) is 21.6 Å².